The minimum absolute atomic E-state index is 1.15. The number of hydrazone groups is 1. The van der Waals surface area contributed by atoms with Crippen LogP contribution < -0.4 is 5.84 Å². The summed E-state index contributed by atoms with van der Waals surface area (Å²) in [6, 6.07) is 14.6. The van der Waals surface area contributed by atoms with Gasteiger partial charge in [-0.15, -0.1) is 0 Å². The van der Waals surface area contributed by atoms with Crippen molar-refractivity contribution in [1.29, 1.82) is 0 Å². The molecule has 0 amide bonds. The second kappa shape index (κ2) is 4.15. The van der Waals surface area contributed by atoms with Crippen LogP contribution in [-0.2, 0) is 0 Å². The van der Waals surface area contributed by atoms with Gasteiger partial charge >= 0.3 is 0 Å². The molecular weight excluding hydrogens is 192 g/mol. The molecule has 14 heavy (non-hydrogen) atoms. The Bertz CT molecular complexity index is 466. The fourth-order valence-corrected chi connectivity index (χ4v) is 1.86. The van der Waals surface area contributed by atoms with Gasteiger partial charge in [0.1, 0.15) is 0 Å². The molecule has 70 valence electrons. The quantitative estimate of drug-likeness (QED) is 0.267. The van der Waals surface area contributed by atoms with Crippen molar-refractivity contribution in [2.45, 2.75) is 4.90 Å². The van der Waals surface area contributed by atoms with E-state index in [1.165, 1.54) is 22.5 Å². The van der Waals surface area contributed by atoms with E-state index < -0.39 is 0 Å². The van der Waals surface area contributed by atoms with Gasteiger partial charge in [-0.2, -0.15) is 5.10 Å². The molecule has 0 aliphatic carbocycles. The van der Waals surface area contributed by atoms with E-state index >= 15 is 0 Å². The highest BCUT2D eigenvalue weighted by Crippen LogP contribution is 2.21. The highest BCUT2D eigenvalue weighted by molar-refractivity contribution is 8.12. The number of hydrogen-bond acceptors (Lipinski definition) is 3. The van der Waals surface area contributed by atoms with Crippen LogP contribution in [-0.4, -0.2) is 5.55 Å². The summed E-state index contributed by atoms with van der Waals surface area (Å²) in [5.41, 5.74) is 1.63. The lowest BCUT2D eigenvalue weighted by molar-refractivity contribution is 1.27. The van der Waals surface area contributed by atoms with Crippen LogP contribution >= 0.6 is 11.8 Å². The zero-order valence-electron chi connectivity index (χ0n) is 7.55. The number of fused-ring (bicyclic) bond motifs is 1. The Hall–Kier alpha value is -1.48. The normalized spacial score (nSPS) is 11.1. The molecule has 0 saturated carbocycles. The van der Waals surface area contributed by atoms with Crippen LogP contribution in [0.1, 0.15) is 0 Å². The molecule has 0 bridgehead atoms. The van der Waals surface area contributed by atoms with Crippen molar-refractivity contribution < 1.29 is 0 Å². The molecule has 0 heterocycles. The van der Waals surface area contributed by atoms with Gasteiger partial charge in [-0.1, -0.05) is 42.1 Å². The minimum atomic E-state index is 1.15. The highest BCUT2D eigenvalue weighted by Gasteiger charge is 1.94. The van der Waals surface area contributed by atoms with Crippen LogP contribution in [0.25, 0.3) is 10.8 Å². The second-order valence-electron chi connectivity index (χ2n) is 2.88. The Morgan fingerprint density at radius 1 is 1.07 bits per heavy atom. The molecule has 2 N–H and O–H groups in total. The maximum atomic E-state index is 5.04. The van der Waals surface area contributed by atoms with Crippen LogP contribution in [0.5, 0.6) is 0 Å². The number of rotatable bonds is 2. The van der Waals surface area contributed by atoms with Crippen LogP contribution in [0.15, 0.2) is 52.5 Å². The number of hydrogen-bond donors (Lipinski definition) is 1. The van der Waals surface area contributed by atoms with Crippen molar-refractivity contribution in [3.63, 3.8) is 0 Å². The summed E-state index contributed by atoms with van der Waals surface area (Å²) in [7, 11) is 0. The van der Waals surface area contributed by atoms with Crippen molar-refractivity contribution in [2.24, 2.45) is 10.9 Å². The molecule has 0 aliphatic heterocycles. The number of nitrogens with zero attached hydrogens (tertiary/aromatic N) is 1. The molecule has 2 nitrogen and oxygen atoms in total. The first-order valence-corrected chi connectivity index (χ1v) is 5.15. The zero-order chi connectivity index (χ0) is 9.80. The van der Waals surface area contributed by atoms with Gasteiger partial charge in [-0.3, -0.25) is 0 Å². The smallest absolute Gasteiger partial charge is 0.0842 e. The Morgan fingerprint density at radius 2 is 1.86 bits per heavy atom. The highest BCUT2D eigenvalue weighted by atomic mass is 32.2. The summed E-state index contributed by atoms with van der Waals surface area (Å²) in [6.45, 7) is 0. The molecule has 3 heteroatoms. The van der Waals surface area contributed by atoms with E-state index in [2.05, 4.69) is 35.4 Å². The third kappa shape index (κ3) is 1.88. The van der Waals surface area contributed by atoms with Crippen LogP contribution in [0.2, 0.25) is 0 Å². The van der Waals surface area contributed by atoms with Crippen molar-refractivity contribution in [1.82, 2.24) is 0 Å². The standard InChI is InChI=1S/C11H10N2S/c12-13-8-14-11-6-5-9-3-1-2-4-10(9)7-11/h1-8H,12H2/b13-8+. The molecule has 0 aliphatic rings. The van der Waals surface area contributed by atoms with Gasteiger partial charge in [-0.05, 0) is 22.9 Å². The lowest BCUT2D eigenvalue weighted by atomic mass is 10.1. The fourth-order valence-electron chi connectivity index (χ4n) is 1.33. The maximum absolute atomic E-state index is 5.04. The number of benzene rings is 2. The van der Waals surface area contributed by atoms with Gasteiger partial charge in [0.05, 0.1) is 5.55 Å². The Balaban J connectivity index is 2.41. The zero-order valence-corrected chi connectivity index (χ0v) is 8.37. The monoisotopic (exact) mass is 202 g/mol. The first-order valence-electron chi connectivity index (χ1n) is 4.27. The molecule has 2 rings (SSSR count). The SMILES string of the molecule is N/N=C/Sc1ccc2ccccc2c1. The third-order valence-electron chi connectivity index (χ3n) is 1.97. The summed E-state index contributed by atoms with van der Waals surface area (Å²) in [6.07, 6.45) is 0. The molecule has 2 aromatic carbocycles. The second-order valence-corrected chi connectivity index (χ2v) is 3.80. The molecule has 0 fully saturated rings. The van der Waals surface area contributed by atoms with E-state index in [4.69, 9.17) is 5.84 Å². The van der Waals surface area contributed by atoms with E-state index in [1.54, 1.807) is 5.55 Å². The molecule has 0 unspecified atom stereocenters. The summed E-state index contributed by atoms with van der Waals surface area (Å²) >= 11 is 1.52. The Labute approximate surface area is 86.8 Å². The Kier molecular flexibility index (Phi) is 2.70. The van der Waals surface area contributed by atoms with Gasteiger partial charge in [0.15, 0.2) is 0 Å². The summed E-state index contributed by atoms with van der Waals surface area (Å²) < 4.78 is 0. The summed E-state index contributed by atoms with van der Waals surface area (Å²) in [5, 5.41) is 5.94. The third-order valence-corrected chi connectivity index (χ3v) is 2.72. The van der Waals surface area contributed by atoms with Crippen molar-refractivity contribution in [2.75, 3.05) is 0 Å². The lowest BCUT2D eigenvalue weighted by Crippen LogP contribution is -1.79. The topological polar surface area (TPSA) is 38.4 Å². The molecule has 0 radical (unpaired) electrons. The average Bonchev–Trinajstić information content (AvgIpc) is 2.26. The predicted molar refractivity (Wildman–Crippen MR) is 62.5 cm³/mol. The van der Waals surface area contributed by atoms with Crippen molar-refractivity contribution in [3.05, 3.63) is 42.5 Å². The van der Waals surface area contributed by atoms with E-state index in [-0.39, 0.29) is 0 Å². The summed E-state index contributed by atoms with van der Waals surface area (Å²) in [4.78, 5) is 1.15. The Morgan fingerprint density at radius 3 is 2.64 bits per heavy atom. The number of thioether (sulfide) groups is 1. The van der Waals surface area contributed by atoms with E-state index in [0.29, 0.717) is 0 Å². The summed E-state index contributed by atoms with van der Waals surface area (Å²) in [5.74, 6) is 5.04. The van der Waals surface area contributed by atoms with Crippen molar-refractivity contribution in [3.8, 4) is 0 Å². The molecule has 0 saturated heterocycles. The lowest BCUT2D eigenvalue weighted by Gasteiger charge is -1.99. The molecule has 0 spiro atoms. The largest absolute Gasteiger partial charge is 0.323 e. The first-order chi connectivity index (χ1) is 6.90. The fraction of sp³-hybridized carbons (Fsp3) is 0. The number of nitrogens with two attached hydrogens (primary N) is 1. The van der Waals surface area contributed by atoms with Crippen LogP contribution in [0.3, 0.4) is 0 Å². The van der Waals surface area contributed by atoms with Crippen LogP contribution in [0, 0.1) is 0 Å². The van der Waals surface area contributed by atoms with Crippen LogP contribution in [0.4, 0.5) is 0 Å². The van der Waals surface area contributed by atoms with Gasteiger partial charge in [0.25, 0.3) is 0 Å². The van der Waals surface area contributed by atoms with E-state index in [9.17, 15) is 0 Å². The van der Waals surface area contributed by atoms with Gasteiger partial charge in [-0.25, -0.2) is 0 Å². The molecule has 0 aromatic heterocycles. The average molecular weight is 202 g/mol. The molecular formula is C11H10N2S. The minimum Gasteiger partial charge on any atom is -0.323 e. The van der Waals surface area contributed by atoms with Gasteiger partial charge in [0, 0.05) is 4.90 Å². The van der Waals surface area contributed by atoms with E-state index in [1.807, 2.05) is 12.1 Å². The maximum Gasteiger partial charge on any atom is 0.0842 e. The van der Waals surface area contributed by atoms with Gasteiger partial charge in [0.2, 0.25) is 0 Å². The molecule has 0 atom stereocenters. The molecule has 2 aromatic rings. The van der Waals surface area contributed by atoms with E-state index in [0.717, 1.165) is 4.90 Å². The van der Waals surface area contributed by atoms with Gasteiger partial charge < -0.3 is 5.84 Å². The first kappa shape index (κ1) is 9.09. The van der Waals surface area contributed by atoms with Crippen molar-refractivity contribution >= 4 is 28.1 Å². The predicted octanol–water partition coefficient (Wildman–Crippen LogP) is 2.83.